The summed E-state index contributed by atoms with van der Waals surface area (Å²) in [6.07, 6.45) is 0.825. The summed E-state index contributed by atoms with van der Waals surface area (Å²) in [5.74, 6) is -3.28. The first-order valence-electron chi connectivity index (χ1n) is 10.6. The maximum absolute atomic E-state index is 13.2. The third-order valence-corrected chi connectivity index (χ3v) is 5.91. The van der Waals surface area contributed by atoms with Crippen molar-refractivity contribution in [3.63, 3.8) is 0 Å². The fourth-order valence-corrected chi connectivity index (χ4v) is 4.21. The minimum Gasteiger partial charge on any atom is -0.382 e. The van der Waals surface area contributed by atoms with Crippen LogP contribution in [0.1, 0.15) is 17.7 Å². The average molecular weight is 500 g/mol. The number of halogens is 3. The first-order chi connectivity index (χ1) is 16.9. The second-order valence-corrected chi connectivity index (χ2v) is 8.47. The molecule has 3 N–H and O–H groups in total. The number of alkyl halides is 2. The van der Waals surface area contributed by atoms with E-state index in [4.69, 9.17) is 5.73 Å². The van der Waals surface area contributed by atoms with E-state index >= 15 is 0 Å². The van der Waals surface area contributed by atoms with E-state index < -0.39 is 11.6 Å². The summed E-state index contributed by atoms with van der Waals surface area (Å²) in [4.78, 5) is 16.7. The number of hydrogen-bond donors (Lipinski definition) is 2. The quantitative estimate of drug-likeness (QED) is 0.267. The molecule has 2 heterocycles. The van der Waals surface area contributed by atoms with Crippen LogP contribution >= 0.6 is 11.8 Å². The van der Waals surface area contributed by atoms with Gasteiger partial charge in [0.2, 0.25) is 5.91 Å². The van der Waals surface area contributed by atoms with Crippen molar-refractivity contribution in [1.82, 2.24) is 24.6 Å². The van der Waals surface area contributed by atoms with Gasteiger partial charge in [0.1, 0.15) is 29.8 Å². The van der Waals surface area contributed by atoms with E-state index in [-0.39, 0.29) is 47.3 Å². The molecule has 8 nitrogen and oxygen atoms in total. The first-order valence-corrected chi connectivity index (χ1v) is 11.5. The minimum absolute atomic E-state index is 0.0665. The number of nitriles is 1. The molecule has 4 rings (SSSR count). The van der Waals surface area contributed by atoms with Crippen LogP contribution in [0, 0.1) is 17.1 Å². The summed E-state index contributed by atoms with van der Waals surface area (Å²) in [5.41, 5.74) is 8.37. The van der Waals surface area contributed by atoms with Gasteiger partial charge < -0.3 is 15.6 Å². The van der Waals surface area contributed by atoms with E-state index in [1.54, 1.807) is 24.3 Å². The molecule has 4 aromatic rings. The van der Waals surface area contributed by atoms with Crippen LogP contribution < -0.4 is 11.1 Å². The smallest absolute Gasteiger partial charge is 0.291 e. The number of carbonyl (C=O) groups is 1. The van der Waals surface area contributed by atoms with Crippen molar-refractivity contribution in [3.8, 4) is 11.8 Å². The van der Waals surface area contributed by atoms with Gasteiger partial charge in [0, 0.05) is 6.54 Å². The highest BCUT2D eigenvalue weighted by Crippen LogP contribution is 2.28. The van der Waals surface area contributed by atoms with Crippen LogP contribution in [0.3, 0.4) is 0 Å². The van der Waals surface area contributed by atoms with Gasteiger partial charge in [-0.3, -0.25) is 4.79 Å². The van der Waals surface area contributed by atoms with Gasteiger partial charge in [-0.05, 0) is 61.0 Å². The number of aromatic nitrogens is 4. The minimum atomic E-state index is -2.66. The van der Waals surface area contributed by atoms with Gasteiger partial charge in [0.25, 0.3) is 5.76 Å². The highest BCUT2D eigenvalue weighted by Gasteiger charge is 2.19. The highest BCUT2D eigenvalue weighted by atomic mass is 32.2. The van der Waals surface area contributed by atoms with Gasteiger partial charge in [-0.1, -0.05) is 12.1 Å². The van der Waals surface area contributed by atoms with Crippen molar-refractivity contribution in [2.75, 3.05) is 12.3 Å². The Morgan fingerprint density at radius 3 is 2.66 bits per heavy atom. The molecule has 0 saturated carbocycles. The van der Waals surface area contributed by atoms with Crippen LogP contribution in [-0.4, -0.2) is 37.5 Å². The van der Waals surface area contributed by atoms with Crippen LogP contribution in [0.25, 0.3) is 16.7 Å². The number of para-hydroxylation sites is 2. The summed E-state index contributed by atoms with van der Waals surface area (Å²) < 4.78 is 41.9. The summed E-state index contributed by atoms with van der Waals surface area (Å²) in [6.45, 7) is 0.113. The van der Waals surface area contributed by atoms with E-state index in [9.17, 15) is 23.2 Å². The molecule has 0 bridgehead atoms. The Kier molecular flexibility index (Phi) is 7.26. The third-order valence-electron chi connectivity index (χ3n) is 5.20. The summed E-state index contributed by atoms with van der Waals surface area (Å²) in [6, 6.07) is 14.5. The second kappa shape index (κ2) is 10.5. The van der Waals surface area contributed by atoms with Crippen molar-refractivity contribution < 1.29 is 18.0 Å². The van der Waals surface area contributed by atoms with E-state index in [1.807, 2.05) is 6.07 Å². The standard InChI is InChI=1S/C23H20F3N7OS/c24-14-7-9-15(10-8-14)33-21(28)16(12-27)17(31-33)5-3-11-29-20(34)13-32-19-6-2-1-4-18(19)30-23(32)35-22(25)26/h1-2,4,6-10,22H,3,5,11,13,28H2,(H,29,34). The number of carbonyl (C=O) groups excluding carboxylic acids is 1. The summed E-state index contributed by atoms with van der Waals surface area (Å²) >= 11 is 0.290. The van der Waals surface area contributed by atoms with Gasteiger partial charge >= 0.3 is 0 Å². The molecular formula is C23H20F3N7OS. The Balaban J connectivity index is 1.38. The number of thioether (sulfide) groups is 1. The van der Waals surface area contributed by atoms with Crippen molar-refractivity contribution in [1.29, 1.82) is 5.26 Å². The van der Waals surface area contributed by atoms with Crippen LogP contribution in [0.4, 0.5) is 19.0 Å². The number of benzene rings is 2. The normalized spacial score (nSPS) is 11.2. The number of rotatable bonds is 9. The SMILES string of the molecule is N#Cc1c(CCCNC(=O)Cn2c(SC(F)F)nc3ccccc32)nn(-c2ccc(F)cc2)c1N. The van der Waals surface area contributed by atoms with Gasteiger partial charge in [-0.25, -0.2) is 14.1 Å². The third kappa shape index (κ3) is 5.41. The van der Waals surface area contributed by atoms with Crippen LogP contribution in [-0.2, 0) is 17.8 Å². The number of amides is 1. The lowest BCUT2D eigenvalue weighted by Crippen LogP contribution is -2.29. The molecule has 2 aromatic heterocycles. The number of nitrogens with zero attached hydrogens (tertiary/aromatic N) is 5. The van der Waals surface area contributed by atoms with Crippen molar-refractivity contribution in [3.05, 3.63) is 65.6 Å². The van der Waals surface area contributed by atoms with Crippen LogP contribution in [0.5, 0.6) is 0 Å². The lowest BCUT2D eigenvalue weighted by Gasteiger charge is -2.09. The number of nitrogen functional groups attached to an aromatic ring is 1. The Morgan fingerprint density at radius 2 is 1.94 bits per heavy atom. The molecule has 35 heavy (non-hydrogen) atoms. The maximum Gasteiger partial charge on any atom is 0.291 e. The molecule has 0 fully saturated rings. The second-order valence-electron chi connectivity index (χ2n) is 7.51. The molecule has 0 aliphatic rings. The maximum atomic E-state index is 13.2. The zero-order chi connectivity index (χ0) is 24.9. The number of imidazole rings is 1. The molecule has 180 valence electrons. The fraction of sp³-hybridized carbons (Fsp3) is 0.217. The Morgan fingerprint density at radius 1 is 1.20 bits per heavy atom. The fourth-order valence-electron chi connectivity index (χ4n) is 3.61. The summed E-state index contributed by atoms with van der Waals surface area (Å²) in [5, 5.41) is 16.7. The monoisotopic (exact) mass is 499 g/mol. The molecule has 0 radical (unpaired) electrons. The molecular weight excluding hydrogens is 479 g/mol. The van der Waals surface area contributed by atoms with E-state index in [0.717, 1.165) is 0 Å². The van der Waals surface area contributed by atoms with Gasteiger partial charge in [0.05, 0.1) is 22.4 Å². The van der Waals surface area contributed by atoms with Gasteiger partial charge in [-0.2, -0.15) is 19.1 Å². The number of nitrogens with two attached hydrogens (primary N) is 1. The molecule has 12 heteroatoms. The van der Waals surface area contributed by atoms with Gasteiger partial charge in [-0.15, -0.1) is 0 Å². The predicted octanol–water partition coefficient (Wildman–Crippen LogP) is 3.88. The number of anilines is 1. The van der Waals surface area contributed by atoms with Crippen molar-refractivity contribution in [2.45, 2.75) is 30.3 Å². The van der Waals surface area contributed by atoms with Crippen molar-refractivity contribution >= 4 is 34.5 Å². The molecule has 0 saturated heterocycles. The van der Waals surface area contributed by atoms with E-state index in [2.05, 4.69) is 15.4 Å². The number of aryl methyl sites for hydroxylation is 1. The number of fused-ring (bicyclic) bond motifs is 1. The molecule has 0 unspecified atom stereocenters. The lowest BCUT2D eigenvalue weighted by atomic mass is 10.1. The average Bonchev–Trinajstić information content (AvgIpc) is 3.33. The Bertz CT molecular complexity index is 1390. The Hall–Kier alpha value is -3.98. The zero-order valence-electron chi connectivity index (χ0n) is 18.3. The highest BCUT2D eigenvalue weighted by molar-refractivity contribution is 7.99. The van der Waals surface area contributed by atoms with Gasteiger partial charge in [0.15, 0.2) is 5.16 Å². The Labute approximate surface area is 202 Å². The largest absolute Gasteiger partial charge is 0.382 e. The molecule has 1 amide bonds. The summed E-state index contributed by atoms with van der Waals surface area (Å²) in [7, 11) is 0. The molecule has 0 atom stereocenters. The molecule has 0 aliphatic carbocycles. The topological polar surface area (TPSA) is 115 Å². The predicted molar refractivity (Wildman–Crippen MR) is 126 cm³/mol. The van der Waals surface area contributed by atoms with Crippen LogP contribution in [0.15, 0.2) is 53.7 Å². The van der Waals surface area contributed by atoms with Crippen LogP contribution in [0.2, 0.25) is 0 Å². The zero-order valence-corrected chi connectivity index (χ0v) is 19.1. The molecule has 2 aromatic carbocycles. The van der Waals surface area contributed by atoms with E-state index in [1.165, 1.54) is 33.5 Å². The number of hydrogen-bond acceptors (Lipinski definition) is 6. The molecule has 0 aliphatic heterocycles. The molecule has 0 spiro atoms. The number of nitrogens with one attached hydrogen (secondary N) is 1. The first kappa shape index (κ1) is 24.2. The lowest BCUT2D eigenvalue weighted by molar-refractivity contribution is -0.121. The van der Waals surface area contributed by atoms with Crippen molar-refractivity contribution in [2.24, 2.45) is 0 Å². The van der Waals surface area contributed by atoms with E-state index in [0.29, 0.717) is 35.3 Å².